The summed E-state index contributed by atoms with van der Waals surface area (Å²) < 4.78 is 17.7. The Kier molecular flexibility index (Phi) is 13.6. The van der Waals surface area contributed by atoms with E-state index >= 15 is 0 Å². The van der Waals surface area contributed by atoms with Gasteiger partial charge in [-0.3, -0.25) is 14.5 Å². The van der Waals surface area contributed by atoms with Crippen LogP contribution in [0.1, 0.15) is 90.7 Å². The van der Waals surface area contributed by atoms with Gasteiger partial charge < -0.3 is 24.8 Å². The molecule has 2 amide bonds. The Morgan fingerprint density at radius 1 is 0.867 bits per heavy atom. The van der Waals surface area contributed by atoms with Crippen LogP contribution in [0, 0.1) is 35.0 Å². The number of nitrogens with one attached hydrogen (secondary N) is 2. The van der Waals surface area contributed by atoms with Gasteiger partial charge in [-0.2, -0.15) is 0 Å². The molecule has 2 fully saturated rings. The van der Waals surface area contributed by atoms with Gasteiger partial charge in [0.05, 0.1) is 26.4 Å². The number of hydrogen-bond donors (Lipinski definition) is 2. The normalized spacial score (nSPS) is 25.6. The van der Waals surface area contributed by atoms with E-state index in [1.54, 1.807) is 5.56 Å². The summed E-state index contributed by atoms with van der Waals surface area (Å²) in [5, 5.41) is 5.93. The Hall–Kier alpha value is -2.16. The Morgan fingerprint density at radius 3 is 2.18 bits per heavy atom. The fourth-order valence-electron chi connectivity index (χ4n) is 8.06. The van der Waals surface area contributed by atoms with Crippen molar-refractivity contribution < 1.29 is 23.8 Å². The number of nitrogens with zero attached hydrogens (tertiary/aromatic N) is 1. The van der Waals surface area contributed by atoms with E-state index in [4.69, 9.17) is 14.2 Å². The number of fused-ring (bicyclic) bond motifs is 5. The molecule has 1 aromatic carbocycles. The number of hydrogen-bond acceptors (Lipinski definition) is 6. The first kappa shape index (κ1) is 35.7. The van der Waals surface area contributed by atoms with Crippen molar-refractivity contribution in [3.05, 3.63) is 29.3 Å². The molecule has 1 aromatic rings. The molecular weight excluding hydrogens is 566 g/mol. The second kappa shape index (κ2) is 17.1. The molecule has 2 N–H and O–H groups in total. The molecule has 0 heterocycles. The predicted molar refractivity (Wildman–Crippen MR) is 179 cm³/mol. The van der Waals surface area contributed by atoms with E-state index in [2.05, 4.69) is 47.6 Å². The number of carbonyl (C=O) groups is 2. The smallest absolute Gasteiger partial charge is 0.222 e. The first-order valence-electron chi connectivity index (χ1n) is 17.8. The van der Waals surface area contributed by atoms with Gasteiger partial charge in [0.1, 0.15) is 12.4 Å². The minimum Gasteiger partial charge on any atom is -0.491 e. The molecule has 0 bridgehead atoms. The van der Waals surface area contributed by atoms with Gasteiger partial charge in [0, 0.05) is 44.6 Å². The van der Waals surface area contributed by atoms with E-state index in [0.29, 0.717) is 64.6 Å². The van der Waals surface area contributed by atoms with Crippen molar-refractivity contribution in [1.29, 1.82) is 0 Å². The fraction of sp³-hybridized carbons (Fsp3) is 0.784. The second-order valence-corrected chi connectivity index (χ2v) is 14.6. The summed E-state index contributed by atoms with van der Waals surface area (Å²) in [6.45, 7) is 18.6. The summed E-state index contributed by atoms with van der Waals surface area (Å²) in [7, 11) is 0. The zero-order valence-electron chi connectivity index (χ0n) is 29.0. The summed E-state index contributed by atoms with van der Waals surface area (Å²) in [6, 6.07) is 6.81. The van der Waals surface area contributed by atoms with Crippen molar-refractivity contribution in [2.75, 3.05) is 65.8 Å². The van der Waals surface area contributed by atoms with Crippen LogP contribution in [0.15, 0.2) is 18.2 Å². The number of benzene rings is 1. The van der Waals surface area contributed by atoms with E-state index in [9.17, 15) is 9.59 Å². The molecule has 0 saturated heterocycles. The Morgan fingerprint density at radius 2 is 1.51 bits per heavy atom. The predicted octanol–water partition coefficient (Wildman–Crippen LogP) is 5.44. The van der Waals surface area contributed by atoms with E-state index in [0.717, 1.165) is 36.0 Å². The van der Waals surface area contributed by atoms with Crippen molar-refractivity contribution >= 4 is 11.8 Å². The maximum atomic E-state index is 11.9. The quantitative estimate of drug-likeness (QED) is 0.211. The van der Waals surface area contributed by atoms with Crippen molar-refractivity contribution in [2.24, 2.45) is 35.0 Å². The molecule has 8 heteroatoms. The third-order valence-corrected chi connectivity index (χ3v) is 11.1. The minimum atomic E-state index is -0.0345. The SMILES string of the molecule is CC(C)C(=O)NCCN(CCNC(=O)C(C)C)CCOCCOCCOc1ccc2c(c1)CC[C@@H]1[C@@H]2CC[C@]2(C)[C@@H](C)CC[C@@H]12. The fourth-order valence-corrected chi connectivity index (χ4v) is 8.06. The topological polar surface area (TPSA) is 89.1 Å². The van der Waals surface area contributed by atoms with Crippen LogP contribution in [0.5, 0.6) is 5.75 Å². The molecule has 3 aliphatic rings. The van der Waals surface area contributed by atoms with Crippen LogP contribution in [0.3, 0.4) is 0 Å². The maximum absolute atomic E-state index is 11.9. The number of amides is 2. The second-order valence-electron chi connectivity index (χ2n) is 14.6. The van der Waals surface area contributed by atoms with Gasteiger partial charge in [0.25, 0.3) is 0 Å². The molecule has 3 aliphatic carbocycles. The van der Waals surface area contributed by atoms with Gasteiger partial charge in [0.2, 0.25) is 11.8 Å². The third kappa shape index (κ3) is 9.68. The Balaban J connectivity index is 1.10. The highest BCUT2D eigenvalue weighted by molar-refractivity contribution is 5.78. The van der Waals surface area contributed by atoms with E-state index in [1.807, 2.05) is 27.7 Å². The van der Waals surface area contributed by atoms with E-state index in [1.165, 1.54) is 44.1 Å². The average Bonchev–Trinajstić information content (AvgIpc) is 3.33. The molecule has 0 spiro atoms. The average molecular weight is 628 g/mol. The Bertz CT molecular complexity index is 1070. The summed E-state index contributed by atoms with van der Waals surface area (Å²) in [5.74, 6) is 4.37. The van der Waals surface area contributed by atoms with Crippen molar-refractivity contribution in [1.82, 2.24) is 15.5 Å². The zero-order valence-corrected chi connectivity index (χ0v) is 29.0. The maximum Gasteiger partial charge on any atom is 0.222 e. The van der Waals surface area contributed by atoms with Gasteiger partial charge in [0.15, 0.2) is 0 Å². The van der Waals surface area contributed by atoms with Crippen LogP contribution in [0.4, 0.5) is 0 Å². The summed E-state index contributed by atoms with van der Waals surface area (Å²) in [6.07, 6.45) is 8.08. The van der Waals surface area contributed by atoms with Gasteiger partial charge >= 0.3 is 0 Å². The lowest BCUT2D eigenvalue weighted by Gasteiger charge is -2.50. The number of rotatable bonds is 18. The number of ether oxygens (including phenoxy) is 3. The van der Waals surface area contributed by atoms with Crippen LogP contribution in [0.25, 0.3) is 0 Å². The van der Waals surface area contributed by atoms with Crippen molar-refractivity contribution in [3.8, 4) is 5.75 Å². The first-order valence-corrected chi connectivity index (χ1v) is 17.8. The van der Waals surface area contributed by atoms with Gasteiger partial charge in [-0.25, -0.2) is 0 Å². The van der Waals surface area contributed by atoms with Gasteiger partial charge in [-0.05, 0) is 90.9 Å². The van der Waals surface area contributed by atoms with Gasteiger partial charge in [-0.15, -0.1) is 0 Å². The Labute approximate surface area is 272 Å². The summed E-state index contributed by atoms with van der Waals surface area (Å²) in [5.41, 5.74) is 3.65. The molecule has 2 saturated carbocycles. The van der Waals surface area contributed by atoms with Crippen LogP contribution in [-0.2, 0) is 25.5 Å². The summed E-state index contributed by atoms with van der Waals surface area (Å²) in [4.78, 5) is 26.0. The van der Waals surface area contributed by atoms with Crippen molar-refractivity contribution in [2.45, 2.75) is 86.0 Å². The molecule has 0 unspecified atom stereocenters. The van der Waals surface area contributed by atoms with Crippen LogP contribution < -0.4 is 15.4 Å². The lowest BCUT2D eigenvalue weighted by molar-refractivity contribution is -0.124. The highest BCUT2D eigenvalue weighted by Crippen LogP contribution is 2.62. The zero-order chi connectivity index (χ0) is 32.4. The lowest BCUT2D eigenvalue weighted by atomic mass is 9.54. The minimum absolute atomic E-state index is 0.0345. The highest BCUT2D eigenvalue weighted by Gasteiger charge is 2.53. The highest BCUT2D eigenvalue weighted by atomic mass is 16.5. The molecule has 0 aromatic heterocycles. The monoisotopic (exact) mass is 627 g/mol. The van der Waals surface area contributed by atoms with E-state index < -0.39 is 0 Å². The number of carbonyl (C=O) groups excluding carboxylic acids is 2. The largest absolute Gasteiger partial charge is 0.491 e. The molecule has 5 atom stereocenters. The van der Waals surface area contributed by atoms with Crippen LogP contribution in [0.2, 0.25) is 0 Å². The van der Waals surface area contributed by atoms with Crippen molar-refractivity contribution in [3.63, 3.8) is 0 Å². The summed E-state index contributed by atoms with van der Waals surface area (Å²) >= 11 is 0. The van der Waals surface area contributed by atoms with Crippen LogP contribution >= 0.6 is 0 Å². The van der Waals surface area contributed by atoms with Crippen LogP contribution in [-0.4, -0.2) is 82.5 Å². The third-order valence-electron chi connectivity index (χ3n) is 11.1. The number of aryl methyl sites for hydroxylation is 1. The molecular formula is C37H61N3O5. The molecule has 0 aliphatic heterocycles. The molecule has 0 radical (unpaired) electrons. The molecule has 8 nitrogen and oxygen atoms in total. The first-order chi connectivity index (χ1) is 21.6. The molecule has 254 valence electrons. The molecule has 4 rings (SSSR count). The molecule has 45 heavy (non-hydrogen) atoms. The van der Waals surface area contributed by atoms with Gasteiger partial charge in [-0.1, -0.05) is 47.6 Å². The lowest BCUT2D eigenvalue weighted by Crippen LogP contribution is -2.42. The standard InChI is InChI=1S/C37H61N3O5/c1-26(2)35(41)38-15-17-40(18-16-39-36(42)27(3)4)19-20-43-21-22-44-23-24-45-30-9-11-31-29(25-30)8-10-33-32(31)13-14-37(6)28(5)7-12-34(33)37/h9,11,25-28,32-34H,7-8,10,12-24H2,1-6H3,(H,38,41)(H,39,42)/t28-,32+,33+,34-,37+/m0/s1. The van der Waals surface area contributed by atoms with E-state index in [-0.39, 0.29) is 23.7 Å².